The monoisotopic (exact) mass is 332 g/mol. The molecule has 124 valence electrons. The summed E-state index contributed by atoms with van der Waals surface area (Å²) >= 11 is 1.73. The van der Waals surface area contributed by atoms with Crippen LogP contribution in [-0.2, 0) is 11.3 Å². The van der Waals surface area contributed by atoms with Crippen molar-refractivity contribution in [3.8, 4) is 0 Å². The van der Waals surface area contributed by atoms with Crippen molar-refractivity contribution in [2.24, 2.45) is 0 Å². The summed E-state index contributed by atoms with van der Waals surface area (Å²) < 4.78 is 0. The van der Waals surface area contributed by atoms with Crippen LogP contribution in [0, 0.1) is 6.92 Å². The van der Waals surface area contributed by atoms with Gasteiger partial charge in [-0.2, -0.15) is 0 Å². The predicted molar refractivity (Wildman–Crippen MR) is 95.7 cm³/mol. The molecule has 0 aliphatic rings. The molecule has 0 aliphatic heterocycles. The number of hydrogen-bond acceptors (Lipinski definition) is 4. The van der Waals surface area contributed by atoms with Crippen LogP contribution in [0.15, 0.2) is 42.5 Å². The molecule has 4 nitrogen and oxygen atoms in total. The number of thiophene rings is 1. The summed E-state index contributed by atoms with van der Waals surface area (Å²) in [5.41, 5.74) is 0.798. The number of amides is 1. The molecule has 2 aromatic rings. The number of benzene rings is 1. The fraction of sp³-hybridized carbons (Fsp3) is 0.389. The van der Waals surface area contributed by atoms with Crippen molar-refractivity contribution in [3.63, 3.8) is 0 Å². The second-order valence-electron chi connectivity index (χ2n) is 5.49. The summed E-state index contributed by atoms with van der Waals surface area (Å²) in [4.78, 5) is 17.1. The Bertz CT molecular complexity index is 612. The molecule has 0 saturated carbocycles. The van der Waals surface area contributed by atoms with E-state index in [1.54, 1.807) is 11.3 Å². The van der Waals surface area contributed by atoms with Gasteiger partial charge in [-0.3, -0.25) is 9.69 Å². The smallest absolute Gasteiger partial charge is 0.241 e. The highest BCUT2D eigenvalue weighted by Crippen LogP contribution is 2.20. The molecule has 1 aromatic heterocycles. The first-order chi connectivity index (χ1) is 11.1. The summed E-state index contributed by atoms with van der Waals surface area (Å²) in [6.45, 7) is 5.28. The molecule has 2 N–H and O–H groups in total. The number of aryl methyl sites for hydroxylation is 1. The number of hydrogen-bond donors (Lipinski definition) is 2. The van der Waals surface area contributed by atoms with Crippen LogP contribution in [-0.4, -0.2) is 35.1 Å². The summed E-state index contributed by atoms with van der Waals surface area (Å²) in [6, 6.07) is 13.4. The number of aliphatic hydroxyl groups excluding tert-OH is 1. The lowest BCUT2D eigenvalue weighted by Crippen LogP contribution is -2.44. The van der Waals surface area contributed by atoms with Gasteiger partial charge >= 0.3 is 0 Å². The molecule has 0 radical (unpaired) electrons. The normalized spacial score (nSPS) is 12.3. The minimum atomic E-state index is -0.259. The standard InChI is InChI=1S/C18H24N2O2S/c1-3-17(18(22)19-15-7-5-4-6-8-15)20(11-12-21)13-16-10-9-14(2)23-16/h4-10,17,21H,3,11-13H2,1-2H3,(H,19,22)/t17-/m1/s1. The Morgan fingerprint density at radius 2 is 2.00 bits per heavy atom. The molecule has 0 spiro atoms. The Hall–Kier alpha value is -1.69. The molecule has 0 unspecified atom stereocenters. The third-order valence-corrected chi connectivity index (χ3v) is 4.70. The SMILES string of the molecule is CC[C@H](C(=O)Nc1ccccc1)N(CCO)Cc1ccc(C)s1. The molecule has 2 rings (SSSR count). The summed E-state index contributed by atoms with van der Waals surface area (Å²) in [7, 11) is 0. The quantitative estimate of drug-likeness (QED) is 0.780. The third-order valence-electron chi connectivity index (χ3n) is 3.71. The van der Waals surface area contributed by atoms with E-state index < -0.39 is 0 Å². The first-order valence-electron chi connectivity index (χ1n) is 7.90. The zero-order chi connectivity index (χ0) is 16.7. The van der Waals surface area contributed by atoms with Gasteiger partial charge in [0.15, 0.2) is 0 Å². The van der Waals surface area contributed by atoms with Crippen molar-refractivity contribution in [3.05, 3.63) is 52.2 Å². The lowest BCUT2D eigenvalue weighted by Gasteiger charge is -2.29. The van der Waals surface area contributed by atoms with Crippen LogP contribution in [0.25, 0.3) is 0 Å². The first kappa shape index (κ1) is 17.7. The molecule has 1 amide bonds. The topological polar surface area (TPSA) is 52.6 Å². The van der Waals surface area contributed by atoms with Crippen LogP contribution in [0.2, 0.25) is 0 Å². The fourth-order valence-electron chi connectivity index (χ4n) is 2.60. The highest BCUT2D eigenvalue weighted by molar-refractivity contribution is 7.11. The molecule has 0 saturated heterocycles. The maximum absolute atomic E-state index is 12.6. The van der Waals surface area contributed by atoms with Crippen LogP contribution in [0.1, 0.15) is 23.1 Å². The average molecular weight is 332 g/mol. The van der Waals surface area contributed by atoms with E-state index in [1.165, 1.54) is 9.75 Å². The Balaban J connectivity index is 2.08. The Morgan fingerprint density at radius 3 is 2.57 bits per heavy atom. The van der Waals surface area contributed by atoms with Gasteiger partial charge in [0.05, 0.1) is 12.6 Å². The molecule has 23 heavy (non-hydrogen) atoms. The van der Waals surface area contributed by atoms with Gasteiger partial charge in [0, 0.05) is 28.5 Å². The van der Waals surface area contributed by atoms with Gasteiger partial charge in [0.25, 0.3) is 0 Å². The number of aliphatic hydroxyl groups is 1. The third kappa shape index (κ3) is 5.16. The molecule has 1 heterocycles. The van der Waals surface area contributed by atoms with Crippen molar-refractivity contribution in [1.29, 1.82) is 0 Å². The first-order valence-corrected chi connectivity index (χ1v) is 8.71. The Kier molecular flexibility index (Phi) is 6.77. The van der Waals surface area contributed by atoms with Crippen molar-refractivity contribution in [2.75, 3.05) is 18.5 Å². The van der Waals surface area contributed by atoms with E-state index in [9.17, 15) is 9.90 Å². The molecule has 5 heteroatoms. The maximum atomic E-state index is 12.6. The number of nitrogens with zero attached hydrogens (tertiary/aromatic N) is 1. The Labute approximate surface area is 141 Å². The zero-order valence-corrected chi connectivity index (χ0v) is 14.5. The minimum absolute atomic E-state index is 0.0274. The second-order valence-corrected chi connectivity index (χ2v) is 6.86. The van der Waals surface area contributed by atoms with Gasteiger partial charge in [0.1, 0.15) is 0 Å². The number of carbonyl (C=O) groups excluding carboxylic acids is 1. The lowest BCUT2D eigenvalue weighted by atomic mass is 10.1. The van der Waals surface area contributed by atoms with Crippen molar-refractivity contribution >= 4 is 22.9 Å². The lowest BCUT2D eigenvalue weighted by molar-refractivity contribution is -0.121. The van der Waals surface area contributed by atoms with Crippen molar-refractivity contribution < 1.29 is 9.90 Å². The summed E-state index contributed by atoms with van der Waals surface area (Å²) in [6.07, 6.45) is 0.697. The van der Waals surface area contributed by atoms with Gasteiger partial charge in [-0.25, -0.2) is 0 Å². The predicted octanol–water partition coefficient (Wildman–Crippen LogP) is 3.27. The van der Waals surface area contributed by atoms with Gasteiger partial charge in [-0.1, -0.05) is 25.1 Å². The van der Waals surface area contributed by atoms with Crippen LogP contribution in [0.4, 0.5) is 5.69 Å². The van der Waals surface area contributed by atoms with Gasteiger partial charge in [0.2, 0.25) is 5.91 Å². The summed E-state index contributed by atoms with van der Waals surface area (Å²) in [5, 5.41) is 12.3. The van der Waals surface area contributed by atoms with Crippen LogP contribution < -0.4 is 5.32 Å². The Morgan fingerprint density at radius 1 is 1.26 bits per heavy atom. The number of anilines is 1. The maximum Gasteiger partial charge on any atom is 0.241 e. The van der Waals surface area contributed by atoms with Gasteiger partial charge < -0.3 is 10.4 Å². The van der Waals surface area contributed by atoms with E-state index >= 15 is 0 Å². The second kappa shape index (κ2) is 8.82. The zero-order valence-electron chi connectivity index (χ0n) is 13.7. The van der Waals surface area contributed by atoms with Gasteiger partial charge in [-0.15, -0.1) is 11.3 Å². The summed E-state index contributed by atoms with van der Waals surface area (Å²) in [5.74, 6) is -0.0274. The van der Waals surface area contributed by atoms with E-state index in [1.807, 2.05) is 42.2 Å². The van der Waals surface area contributed by atoms with Crippen LogP contribution in [0.3, 0.4) is 0 Å². The van der Waals surface area contributed by atoms with E-state index in [4.69, 9.17) is 0 Å². The van der Waals surface area contributed by atoms with E-state index in [0.29, 0.717) is 19.5 Å². The molecular formula is C18H24N2O2S. The van der Waals surface area contributed by atoms with Crippen LogP contribution in [0.5, 0.6) is 0 Å². The van der Waals surface area contributed by atoms with Crippen molar-refractivity contribution in [1.82, 2.24) is 4.90 Å². The number of carbonyl (C=O) groups is 1. The molecule has 1 aromatic carbocycles. The van der Waals surface area contributed by atoms with E-state index in [2.05, 4.69) is 24.4 Å². The highest BCUT2D eigenvalue weighted by atomic mass is 32.1. The number of nitrogens with one attached hydrogen (secondary N) is 1. The number of para-hydroxylation sites is 1. The largest absolute Gasteiger partial charge is 0.395 e. The average Bonchev–Trinajstić information content (AvgIpc) is 2.94. The highest BCUT2D eigenvalue weighted by Gasteiger charge is 2.24. The van der Waals surface area contributed by atoms with Gasteiger partial charge in [-0.05, 0) is 37.6 Å². The van der Waals surface area contributed by atoms with Crippen LogP contribution >= 0.6 is 11.3 Å². The van der Waals surface area contributed by atoms with E-state index in [-0.39, 0.29) is 18.6 Å². The number of rotatable bonds is 8. The minimum Gasteiger partial charge on any atom is -0.395 e. The molecule has 0 aliphatic carbocycles. The molecule has 0 bridgehead atoms. The van der Waals surface area contributed by atoms with Crippen molar-refractivity contribution in [2.45, 2.75) is 32.9 Å². The fourth-order valence-corrected chi connectivity index (χ4v) is 3.52. The van der Waals surface area contributed by atoms with E-state index in [0.717, 1.165) is 5.69 Å². The molecule has 1 atom stereocenters. The molecule has 0 fully saturated rings. The molecular weight excluding hydrogens is 308 g/mol.